The topological polar surface area (TPSA) is 12.5 Å². The van der Waals surface area contributed by atoms with Crippen molar-refractivity contribution in [2.45, 2.75) is 39.5 Å². The van der Waals surface area contributed by atoms with Crippen molar-refractivity contribution < 1.29 is 4.74 Å². The van der Waals surface area contributed by atoms with Crippen LogP contribution in [0, 0.1) is 11.8 Å². The molecule has 0 aromatic heterocycles. The SMILES string of the molecule is CC1C[C@@H](C)CN(CCCOCCCc2ccc(Cl)cc2)C1. The third-order valence-corrected chi connectivity index (χ3v) is 4.63. The van der Waals surface area contributed by atoms with Gasteiger partial charge in [0.1, 0.15) is 0 Å². The summed E-state index contributed by atoms with van der Waals surface area (Å²) in [5.41, 5.74) is 1.34. The summed E-state index contributed by atoms with van der Waals surface area (Å²) in [4.78, 5) is 2.61. The first kappa shape index (κ1) is 17.8. The molecule has 0 spiro atoms. The monoisotopic (exact) mass is 323 g/mol. The molecule has 22 heavy (non-hydrogen) atoms. The van der Waals surface area contributed by atoms with Crippen LogP contribution in [0.25, 0.3) is 0 Å². The summed E-state index contributed by atoms with van der Waals surface area (Å²) in [5.74, 6) is 1.70. The van der Waals surface area contributed by atoms with Crippen LogP contribution in [0.1, 0.15) is 38.7 Å². The van der Waals surface area contributed by atoms with Crippen LogP contribution < -0.4 is 0 Å². The Morgan fingerprint density at radius 3 is 2.36 bits per heavy atom. The van der Waals surface area contributed by atoms with Gasteiger partial charge in [-0.2, -0.15) is 0 Å². The van der Waals surface area contributed by atoms with Gasteiger partial charge in [-0.1, -0.05) is 37.6 Å². The number of likely N-dealkylation sites (tertiary alicyclic amines) is 1. The molecule has 1 fully saturated rings. The van der Waals surface area contributed by atoms with E-state index < -0.39 is 0 Å². The molecule has 1 aromatic rings. The molecule has 1 unspecified atom stereocenters. The molecule has 3 heteroatoms. The van der Waals surface area contributed by atoms with E-state index >= 15 is 0 Å². The van der Waals surface area contributed by atoms with Gasteiger partial charge in [0.05, 0.1) is 0 Å². The maximum atomic E-state index is 5.88. The van der Waals surface area contributed by atoms with Gasteiger partial charge in [0, 0.05) is 37.9 Å². The third-order valence-electron chi connectivity index (χ3n) is 4.37. The maximum absolute atomic E-state index is 5.88. The van der Waals surface area contributed by atoms with Gasteiger partial charge in [-0.25, -0.2) is 0 Å². The van der Waals surface area contributed by atoms with Crippen molar-refractivity contribution in [1.29, 1.82) is 0 Å². The van der Waals surface area contributed by atoms with E-state index in [-0.39, 0.29) is 0 Å². The van der Waals surface area contributed by atoms with Crippen LogP contribution in [0.5, 0.6) is 0 Å². The highest BCUT2D eigenvalue weighted by atomic mass is 35.5. The van der Waals surface area contributed by atoms with Crippen LogP contribution in [-0.2, 0) is 11.2 Å². The number of hydrogen-bond donors (Lipinski definition) is 0. The summed E-state index contributed by atoms with van der Waals surface area (Å²) in [5, 5.41) is 0.807. The molecule has 2 rings (SSSR count). The van der Waals surface area contributed by atoms with Gasteiger partial charge >= 0.3 is 0 Å². The van der Waals surface area contributed by atoms with Gasteiger partial charge in [0.2, 0.25) is 0 Å². The average molecular weight is 324 g/mol. The highest BCUT2D eigenvalue weighted by Crippen LogP contribution is 2.20. The molecule has 1 aliphatic rings. The van der Waals surface area contributed by atoms with Gasteiger partial charge in [0.25, 0.3) is 0 Å². The fourth-order valence-electron chi connectivity index (χ4n) is 3.50. The predicted molar refractivity (Wildman–Crippen MR) is 94.6 cm³/mol. The quantitative estimate of drug-likeness (QED) is 0.645. The van der Waals surface area contributed by atoms with Crippen LogP contribution >= 0.6 is 11.6 Å². The van der Waals surface area contributed by atoms with E-state index in [0.29, 0.717) is 0 Å². The molecular weight excluding hydrogens is 294 g/mol. The number of benzene rings is 1. The lowest BCUT2D eigenvalue weighted by Crippen LogP contribution is -2.39. The zero-order valence-corrected chi connectivity index (χ0v) is 14.8. The second kappa shape index (κ2) is 9.54. The zero-order valence-electron chi connectivity index (χ0n) is 14.1. The van der Waals surface area contributed by atoms with Crippen LogP contribution in [0.2, 0.25) is 5.02 Å². The number of rotatable bonds is 8. The molecule has 0 aliphatic carbocycles. The van der Waals surface area contributed by atoms with Crippen molar-refractivity contribution in [3.8, 4) is 0 Å². The number of ether oxygens (including phenoxy) is 1. The molecule has 1 saturated heterocycles. The number of halogens is 1. The van der Waals surface area contributed by atoms with E-state index in [9.17, 15) is 0 Å². The highest BCUT2D eigenvalue weighted by Gasteiger charge is 2.20. The minimum Gasteiger partial charge on any atom is -0.381 e. The van der Waals surface area contributed by atoms with Gasteiger partial charge in [0.15, 0.2) is 0 Å². The van der Waals surface area contributed by atoms with Crippen LogP contribution in [0.3, 0.4) is 0 Å². The molecule has 0 bridgehead atoms. The minimum atomic E-state index is 0.807. The standard InChI is InChI=1S/C19H30ClNO/c1-16-13-17(2)15-21(14-16)10-4-12-22-11-3-5-18-6-8-19(20)9-7-18/h6-9,16-17H,3-5,10-15H2,1-2H3/t16-,17?/m1/s1. The van der Waals surface area contributed by atoms with Gasteiger partial charge in [-0.3, -0.25) is 0 Å². The molecule has 1 aliphatic heterocycles. The predicted octanol–water partition coefficient (Wildman–Crippen LogP) is 4.66. The first-order chi connectivity index (χ1) is 10.6. The maximum Gasteiger partial charge on any atom is 0.0478 e. The first-order valence-corrected chi connectivity index (χ1v) is 9.06. The lowest BCUT2D eigenvalue weighted by molar-refractivity contribution is 0.0980. The molecular formula is C19H30ClNO. The van der Waals surface area contributed by atoms with Crippen molar-refractivity contribution in [1.82, 2.24) is 4.90 Å². The van der Waals surface area contributed by atoms with Crippen molar-refractivity contribution >= 4 is 11.6 Å². The fourth-order valence-corrected chi connectivity index (χ4v) is 3.62. The number of hydrogen-bond acceptors (Lipinski definition) is 2. The minimum absolute atomic E-state index is 0.807. The number of nitrogens with zero attached hydrogens (tertiary/aromatic N) is 1. The number of aryl methyl sites for hydroxylation is 1. The van der Waals surface area contributed by atoms with E-state index in [2.05, 4.69) is 30.9 Å². The molecule has 1 aromatic carbocycles. The molecule has 0 amide bonds. The van der Waals surface area contributed by atoms with Crippen LogP contribution in [0.15, 0.2) is 24.3 Å². The summed E-state index contributed by atoms with van der Waals surface area (Å²) >= 11 is 5.88. The normalized spacial score (nSPS) is 22.9. The Kier molecular flexibility index (Phi) is 7.71. The van der Waals surface area contributed by atoms with Crippen molar-refractivity contribution in [2.75, 3.05) is 32.8 Å². The van der Waals surface area contributed by atoms with E-state index in [1.807, 2.05) is 12.1 Å². The fraction of sp³-hybridized carbons (Fsp3) is 0.684. The Morgan fingerprint density at radius 1 is 1.05 bits per heavy atom. The Bertz CT molecular complexity index is 410. The smallest absolute Gasteiger partial charge is 0.0478 e. The first-order valence-electron chi connectivity index (χ1n) is 8.68. The summed E-state index contributed by atoms with van der Waals surface area (Å²) in [6.45, 7) is 10.2. The Hall–Kier alpha value is -0.570. The Labute approximate surface area is 140 Å². The zero-order chi connectivity index (χ0) is 15.8. The van der Waals surface area contributed by atoms with E-state index in [0.717, 1.165) is 49.3 Å². The summed E-state index contributed by atoms with van der Waals surface area (Å²) in [6, 6.07) is 8.11. The lowest BCUT2D eigenvalue weighted by atomic mass is 9.92. The summed E-state index contributed by atoms with van der Waals surface area (Å²) in [6.07, 6.45) is 4.69. The van der Waals surface area contributed by atoms with E-state index in [1.54, 1.807) is 0 Å². The summed E-state index contributed by atoms with van der Waals surface area (Å²) in [7, 11) is 0. The highest BCUT2D eigenvalue weighted by molar-refractivity contribution is 6.30. The molecule has 1 heterocycles. The van der Waals surface area contributed by atoms with E-state index in [4.69, 9.17) is 16.3 Å². The Balaban J connectivity index is 1.48. The second-order valence-electron chi connectivity index (χ2n) is 6.90. The molecule has 0 N–H and O–H groups in total. The van der Waals surface area contributed by atoms with Crippen molar-refractivity contribution in [2.24, 2.45) is 11.8 Å². The molecule has 124 valence electrons. The lowest BCUT2D eigenvalue weighted by Gasteiger charge is -2.34. The number of piperidine rings is 1. The van der Waals surface area contributed by atoms with Gasteiger partial charge in [-0.15, -0.1) is 0 Å². The van der Waals surface area contributed by atoms with Crippen LogP contribution in [-0.4, -0.2) is 37.7 Å². The molecule has 0 radical (unpaired) electrons. The van der Waals surface area contributed by atoms with Crippen LogP contribution in [0.4, 0.5) is 0 Å². The molecule has 2 atom stereocenters. The largest absolute Gasteiger partial charge is 0.381 e. The third kappa shape index (κ3) is 6.68. The Morgan fingerprint density at radius 2 is 1.68 bits per heavy atom. The molecule has 2 nitrogen and oxygen atoms in total. The van der Waals surface area contributed by atoms with Crippen molar-refractivity contribution in [3.63, 3.8) is 0 Å². The van der Waals surface area contributed by atoms with E-state index in [1.165, 1.54) is 31.6 Å². The summed E-state index contributed by atoms with van der Waals surface area (Å²) < 4.78 is 5.77. The van der Waals surface area contributed by atoms with Gasteiger partial charge < -0.3 is 9.64 Å². The van der Waals surface area contributed by atoms with Crippen molar-refractivity contribution in [3.05, 3.63) is 34.9 Å². The second-order valence-corrected chi connectivity index (χ2v) is 7.34. The van der Waals surface area contributed by atoms with Gasteiger partial charge in [-0.05, 0) is 55.2 Å². The average Bonchev–Trinajstić information content (AvgIpc) is 2.47. The molecule has 0 saturated carbocycles.